The molecule has 0 radical (unpaired) electrons. The van der Waals surface area contributed by atoms with Gasteiger partial charge in [0.15, 0.2) is 11.5 Å². The van der Waals surface area contributed by atoms with Crippen LogP contribution in [0.4, 0.5) is 0 Å². The average Bonchev–Trinajstić information content (AvgIpc) is 3.23. The molecule has 3 aromatic rings. The Balaban J connectivity index is 0.00000156. The third kappa shape index (κ3) is 2.55. The van der Waals surface area contributed by atoms with E-state index in [4.69, 9.17) is 14.2 Å². The quantitative estimate of drug-likeness (QED) is 0.794. The summed E-state index contributed by atoms with van der Waals surface area (Å²) in [4.78, 5) is 4.12. The normalized spacial score (nSPS) is 11.9. The van der Waals surface area contributed by atoms with Gasteiger partial charge < -0.3 is 14.2 Å². The van der Waals surface area contributed by atoms with E-state index in [1.165, 1.54) is 0 Å². The number of nitrogens with zero attached hydrogens (tertiary/aromatic N) is 3. The van der Waals surface area contributed by atoms with E-state index in [2.05, 4.69) is 20.4 Å². The van der Waals surface area contributed by atoms with E-state index in [-0.39, 0.29) is 19.2 Å². The molecular formula is C15H13ClN4O3. The Morgan fingerprint density at radius 3 is 2.70 bits per heavy atom. The molecule has 0 bridgehead atoms. The molecule has 4 rings (SSSR count). The van der Waals surface area contributed by atoms with E-state index in [1.54, 1.807) is 19.5 Å². The lowest BCUT2D eigenvalue weighted by Gasteiger charge is -2.07. The molecule has 0 amide bonds. The van der Waals surface area contributed by atoms with Crippen molar-refractivity contribution in [1.82, 2.24) is 20.4 Å². The first-order chi connectivity index (χ1) is 10.9. The third-order valence-corrected chi connectivity index (χ3v) is 3.41. The summed E-state index contributed by atoms with van der Waals surface area (Å²) in [7, 11) is 1.59. The fraction of sp³-hybridized carbons (Fsp3) is 0.133. The van der Waals surface area contributed by atoms with Crippen LogP contribution in [0.2, 0.25) is 0 Å². The largest absolute Gasteiger partial charge is 0.493 e. The van der Waals surface area contributed by atoms with Gasteiger partial charge >= 0.3 is 0 Å². The highest BCUT2D eigenvalue weighted by atomic mass is 35.5. The highest BCUT2D eigenvalue weighted by Crippen LogP contribution is 2.44. The number of aromatic nitrogens is 4. The first kappa shape index (κ1) is 15.1. The van der Waals surface area contributed by atoms with Crippen LogP contribution in [0.25, 0.3) is 22.5 Å². The summed E-state index contributed by atoms with van der Waals surface area (Å²) in [5.41, 5.74) is 3.12. The molecule has 1 N–H and O–H groups in total. The highest BCUT2D eigenvalue weighted by Gasteiger charge is 2.23. The molecule has 3 heterocycles. The Bertz CT molecular complexity index is 823. The summed E-state index contributed by atoms with van der Waals surface area (Å²) >= 11 is 0. The molecule has 118 valence electrons. The Labute approximate surface area is 138 Å². The summed E-state index contributed by atoms with van der Waals surface area (Å²) in [6, 6.07) is 7.50. The minimum absolute atomic E-state index is 0. The summed E-state index contributed by atoms with van der Waals surface area (Å²) in [5.74, 6) is 1.84. The van der Waals surface area contributed by atoms with E-state index in [0.29, 0.717) is 28.6 Å². The molecule has 8 heteroatoms. The summed E-state index contributed by atoms with van der Waals surface area (Å²) in [6.45, 7) is 0.184. The SMILES string of the molecule is COc1cc(-c2n[nH]nc2-c2cccnc2)cc2c1OCO2.Cl. The Morgan fingerprint density at radius 1 is 1.13 bits per heavy atom. The van der Waals surface area contributed by atoms with Crippen molar-refractivity contribution in [3.8, 4) is 39.8 Å². The summed E-state index contributed by atoms with van der Waals surface area (Å²) in [5, 5.41) is 11.1. The first-order valence-electron chi connectivity index (χ1n) is 6.66. The van der Waals surface area contributed by atoms with Crippen LogP contribution in [-0.4, -0.2) is 34.3 Å². The van der Waals surface area contributed by atoms with Crippen LogP contribution in [0.15, 0.2) is 36.7 Å². The maximum absolute atomic E-state index is 5.45. The van der Waals surface area contributed by atoms with E-state index < -0.39 is 0 Å². The number of aromatic amines is 1. The number of fused-ring (bicyclic) bond motifs is 1. The lowest BCUT2D eigenvalue weighted by atomic mass is 10.1. The number of halogens is 1. The number of pyridine rings is 1. The fourth-order valence-corrected chi connectivity index (χ4v) is 2.40. The molecule has 0 fully saturated rings. The number of methoxy groups -OCH3 is 1. The number of ether oxygens (including phenoxy) is 3. The predicted molar refractivity (Wildman–Crippen MR) is 85.0 cm³/mol. The molecule has 0 spiro atoms. The minimum atomic E-state index is 0. The number of H-pyrrole nitrogens is 1. The van der Waals surface area contributed by atoms with Crippen LogP contribution >= 0.6 is 12.4 Å². The third-order valence-electron chi connectivity index (χ3n) is 3.41. The van der Waals surface area contributed by atoms with Crippen LogP contribution < -0.4 is 14.2 Å². The number of hydrogen-bond donors (Lipinski definition) is 1. The van der Waals surface area contributed by atoms with Gasteiger partial charge in [-0.25, -0.2) is 0 Å². The van der Waals surface area contributed by atoms with Gasteiger partial charge in [0.2, 0.25) is 12.5 Å². The molecule has 1 aliphatic heterocycles. The van der Waals surface area contributed by atoms with E-state index in [1.807, 2.05) is 24.3 Å². The van der Waals surface area contributed by atoms with Gasteiger partial charge in [0, 0.05) is 23.5 Å². The predicted octanol–water partition coefficient (Wildman–Crippen LogP) is 2.69. The number of benzene rings is 1. The monoisotopic (exact) mass is 332 g/mol. The molecule has 2 aromatic heterocycles. The maximum atomic E-state index is 5.45. The van der Waals surface area contributed by atoms with Crippen molar-refractivity contribution in [3.05, 3.63) is 36.7 Å². The molecule has 1 aromatic carbocycles. The van der Waals surface area contributed by atoms with Gasteiger partial charge in [0.25, 0.3) is 0 Å². The zero-order valence-corrected chi connectivity index (χ0v) is 13.0. The van der Waals surface area contributed by atoms with Crippen molar-refractivity contribution in [2.75, 3.05) is 13.9 Å². The number of nitrogens with one attached hydrogen (secondary N) is 1. The fourth-order valence-electron chi connectivity index (χ4n) is 2.40. The van der Waals surface area contributed by atoms with Crippen LogP contribution in [-0.2, 0) is 0 Å². The molecule has 0 atom stereocenters. The van der Waals surface area contributed by atoms with Crippen LogP contribution in [0.5, 0.6) is 17.2 Å². The molecule has 0 saturated carbocycles. The lowest BCUT2D eigenvalue weighted by Crippen LogP contribution is -1.93. The molecule has 0 aliphatic carbocycles. The van der Waals surface area contributed by atoms with Crippen LogP contribution in [0.1, 0.15) is 0 Å². The minimum Gasteiger partial charge on any atom is -0.493 e. The summed E-state index contributed by atoms with van der Waals surface area (Å²) < 4.78 is 16.2. The molecule has 0 saturated heterocycles. The van der Waals surface area contributed by atoms with Crippen LogP contribution in [0.3, 0.4) is 0 Å². The van der Waals surface area contributed by atoms with Gasteiger partial charge in [0.1, 0.15) is 11.4 Å². The second-order valence-electron chi connectivity index (χ2n) is 4.67. The van der Waals surface area contributed by atoms with Crippen molar-refractivity contribution < 1.29 is 14.2 Å². The van der Waals surface area contributed by atoms with Gasteiger partial charge in [-0.15, -0.1) is 12.4 Å². The van der Waals surface area contributed by atoms with Gasteiger partial charge in [0.05, 0.1) is 7.11 Å². The highest BCUT2D eigenvalue weighted by molar-refractivity contribution is 5.85. The van der Waals surface area contributed by atoms with Crippen molar-refractivity contribution in [1.29, 1.82) is 0 Å². The summed E-state index contributed by atoms with van der Waals surface area (Å²) in [6.07, 6.45) is 3.46. The zero-order valence-electron chi connectivity index (χ0n) is 12.1. The van der Waals surface area contributed by atoms with E-state index >= 15 is 0 Å². The van der Waals surface area contributed by atoms with Crippen molar-refractivity contribution >= 4 is 12.4 Å². The zero-order chi connectivity index (χ0) is 14.9. The molecular weight excluding hydrogens is 320 g/mol. The first-order valence-corrected chi connectivity index (χ1v) is 6.66. The maximum Gasteiger partial charge on any atom is 0.231 e. The van der Waals surface area contributed by atoms with Crippen molar-refractivity contribution in [2.45, 2.75) is 0 Å². The Morgan fingerprint density at radius 2 is 1.96 bits per heavy atom. The smallest absolute Gasteiger partial charge is 0.231 e. The second-order valence-corrected chi connectivity index (χ2v) is 4.67. The molecule has 0 unspecified atom stereocenters. The topological polar surface area (TPSA) is 82.2 Å². The van der Waals surface area contributed by atoms with E-state index in [0.717, 1.165) is 11.1 Å². The van der Waals surface area contributed by atoms with Crippen LogP contribution in [0, 0.1) is 0 Å². The Kier molecular flexibility index (Phi) is 4.03. The van der Waals surface area contributed by atoms with Gasteiger partial charge in [-0.05, 0) is 24.3 Å². The Hall–Kier alpha value is -2.80. The molecule has 1 aliphatic rings. The second kappa shape index (κ2) is 6.13. The standard InChI is InChI=1S/C15H12N4O3.ClH/c1-20-11-5-10(6-12-15(11)22-8-21-12)14-13(17-19-18-14)9-3-2-4-16-7-9;/h2-7H,8H2,1H3,(H,17,18,19);1H. The molecule has 7 nitrogen and oxygen atoms in total. The van der Waals surface area contributed by atoms with Crippen molar-refractivity contribution in [3.63, 3.8) is 0 Å². The van der Waals surface area contributed by atoms with E-state index in [9.17, 15) is 0 Å². The van der Waals surface area contributed by atoms with Gasteiger partial charge in [-0.3, -0.25) is 4.98 Å². The number of hydrogen-bond acceptors (Lipinski definition) is 6. The van der Waals surface area contributed by atoms with Gasteiger partial charge in [-0.1, -0.05) is 0 Å². The van der Waals surface area contributed by atoms with Crippen molar-refractivity contribution in [2.24, 2.45) is 0 Å². The van der Waals surface area contributed by atoms with Gasteiger partial charge in [-0.2, -0.15) is 15.4 Å². The molecule has 23 heavy (non-hydrogen) atoms. The number of rotatable bonds is 3. The lowest BCUT2D eigenvalue weighted by molar-refractivity contribution is 0.171. The average molecular weight is 333 g/mol.